The number of carbonyl (C=O) groups excluding carboxylic acids is 2. The van der Waals surface area contributed by atoms with Crippen molar-refractivity contribution in [1.29, 1.82) is 0 Å². The van der Waals surface area contributed by atoms with Crippen molar-refractivity contribution in [2.24, 2.45) is 0 Å². The van der Waals surface area contributed by atoms with Crippen LogP contribution in [0, 0.1) is 0 Å². The second-order valence-electron chi connectivity index (χ2n) is 8.90. The molecule has 40 heavy (non-hydrogen) atoms. The van der Waals surface area contributed by atoms with Gasteiger partial charge in [-0.15, -0.1) is 0 Å². The van der Waals surface area contributed by atoms with Crippen LogP contribution in [-0.4, -0.2) is 51.4 Å². The maximum atomic E-state index is 13.9. The molecule has 1 atom stereocenters. The van der Waals surface area contributed by atoms with Crippen molar-refractivity contribution in [2.75, 3.05) is 24.5 Å². The number of methoxy groups -OCH3 is 1. The molecule has 0 saturated carbocycles. The number of hydrogen-bond donors (Lipinski definition) is 1. The van der Waals surface area contributed by atoms with Crippen LogP contribution in [0.15, 0.2) is 71.6 Å². The van der Waals surface area contributed by atoms with E-state index in [-0.39, 0.29) is 28.1 Å². The summed E-state index contributed by atoms with van der Waals surface area (Å²) in [4.78, 5) is 28.1. The average molecular weight is 627 g/mol. The lowest BCUT2D eigenvalue weighted by molar-refractivity contribution is -0.139. The second kappa shape index (κ2) is 14.1. The van der Waals surface area contributed by atoms with Gasteiger partial charge in [-0.1, -0.05) is 53.9 Å². The number of anilines is 1. The zero-order valence-electron chi connectivity index (χ0n) is 22.2. The lowest BCUT2D eigenvalue weighted by atomic mass is 10.1. The van der Waals surface area contributed by atoms with Crippen molar-refractivity contribution in [1.82, 2.24) is 10.2 Å². The summed E-state index contributed by atoms with van der Waals surface area (Å²) in [6.45, 7) is 3.32. The van der Waals surface area contributed by atoms with E-state index in [0.717, 1.165) is 4.31 Å². The van der Waals surface area contributed by atoms with Crippen molar-refractivity contribution in [2.45, 2.75) is 37.8 Å². The predicted octanol–water partition coefficient (Wildman–Crippen LogP) is 5.79. The van der Waals surface area contributed by atoms with E-state index >= 15 is 0 Å². The molecule has 3 aromatic carbocycles. The Hall–Kier alpha value is -2.98. The van der Waals surface area contributed by atoms with Gasteiger partial charge in [-0.25, -0.2) is 8.42 Å². The molecule has 0 radical (unpaired) electrons. The molecule has 0 heterocycles. The lowest BCUT2D eigenvalue weighted by Crippen LogP contribution is -2.51. The topological polar surface area (TPSA) is 96.0 Å². The van der Waals surface area contributed by atoms with E-state index in [9.17, 15) is 18.0 Å². The molecule has 0 spiro atoms. The van der Waals surface area contributed by atoms with Crippen molar-refractivity contribution in [3.05, 3.63) is 87.4 Å². The number of sulfonamides is 1. The van der Waals surface area contributed by atoms with Crippen molar-refractivity contribution in [3.8, 4) is 5.75 Å². The largest absolute Gasteiger partial charge is 0.497 e. The van der Waals surface area contributed by atoms with Gasteiger partial charge in [0.2, 0.25) is 11.8 Å². The summed E-state index contributed by atoms with van der Waals surface area (Å²) in [7, 11) is -2.76. The molecular weight excluding hydrogens is 597 g/mol. The third-order valence-corrected chi connectivity index (χ3v) is 8.84. The fourth-order valence-corrected chi connectivity index (χ4v) is 5.76. The molecule has 0 aliphatic carbocycles. The first-order valence-electron chi connectivity index (χ1n) is 12.4. The zero-order chi connectivity index (χ0) is 29.4. The van der Waals surface area contributed by atoms with Gasteiger partial charge < -0.3 is 15.0 Å². The number of nitrogens with one attached hydrogen (secondary N) is 1. The molecule has 1 N–H and O–H groups in total. The van der Waals surface area contributed by atoms with Gasteiger partial charge in [0.05, 0.1) is 27.7 Å². The number of amides is 2. The van der Waals surface area contributed by atoms with E-state index in [1.807, 2.05) is 6.92 Å². The number of carbonyl (C=O) groups is 2. The number of ether oxygens (including phenoxy) is 1. The second-order valence-corrected chi connectivity index (χ2v) is 12.0. The molecule has 214 valence electrons. The van der Waals surface area contributed by atoms with E-state index in [0.29, 0.717) is 34.3 Å². The first kappa shape index (κ1) is 31.5. The van der Waals surface area contributed by atoms with Gasteiger partial charge in [0.15, 0.2) is 0 Å². The van der Waals surface area contributed by atoms with Gasteiger partial charge in [0, 0.05) is 18.1 Å². The summed E-state index contributed by atoms with van der Waals surface area (Å²) in [5.41, 5.74) is 0.805. The Morgan fingerprint density at radius 3 is 2.27 bits per heavy atom. The van der Waals surface area contributed by atoms with Crippen molar-refractivity contribution >= 4 is 62.3 Å². The molecule has 8 nitrogen and oxygen atoms in total. The van der Waals surface area contributed by atoms with Gasteiger partial charge >= 0.3 is 0 Å². The SMILES string of the molecule is CCCNC(=O)[C@H](C)N(Cc1ccc(Cl)c(Cl)c1)C(=O)CN(c1cccc(Cl)c1)S(=O)(=O)c1ccc(OC)cc1. The highest BCUT2D eigenvalue weighted by molar-refractivity contribution is 7.92. The standard InChI is InChI=1S/C28H30Cl3N3O5S/c1-4-14-32-28(36)19(2)33(17-20-8-13-25(30)26(31)15-20)27(35)18-34(22-7-5-6-21(29)16-22)40(37,38)24-11-9-23(39-3)10-12-24/h5-13,15-16,19H,4,14,17-18H2,1-3H3,(H,32,36)/t19-/m0/s1. The summed E-state index contributed by atoms with van der Waals surface area (Å²) < 4.78 is 33.8. The Labute approximate surface area is 249 Å². The minimum Gasteiger partial charge on any atom is -0.497 e. The fraction of sp³-hybridized carbons (Fsp3) is 0.286. The number of nitrogens with zero attached hydrogens (tertiary/aromatic N) is 2. The maximum Gasteiger partial charge on any atom is 0.264 e. The van der Waals surface area contributed by atoms with Crippen LogP contribution >= 0.6 is 34.8 Å². The van der Waals surface area contributed by atoms with E-state index in [1.54, 1.807) is 43.3 Å². The van der Waals surface area contributed by atoms with Gasteiger partial charge in [-0.2, -0.15) is 0 Å². The average Bonchev–Trinajstić information content (AvgIpc) is 2.94. The third kappa shape index (κ3) is 7.81. The van der Waals surface area contributed by atoms with Crippen LogP contribution in [0.2, 0.25) is 15.1 Å². The molecule has 0 aliphatic heterocycles. The molecule has 0 aromatic heterocycles. The number of benzene rings is 3. The minimum atomic E-state index is -4.24. The maximum absolute atomic E-state index is 13.9. The molecule has 3 aromatic rings. The van der Waals surface area contributed by atoms with Gasteiger partial charge in [-0.3, -0.25) is 13.9 Å². The van der Waals surface area contributed by atoms with Gasteiger partial charge in [0.25, 0.3) is 10.0 Å². The minimum absolute atomic E-state index is 0.0115. The van der Waals surface area contributed by atoms with Crippen LogP contribution in [0.1, 0.15) is 25.8 Å². The summed E-state index contributed by atoms with van der Waals surface area (Å²) in [6, 6.07) is 16.0. The Kier molecular flexibility index (Phi) is 11.1. The van der Waals surface area contributed by atoms with Crippen LogP contribution in [0.4, 0.5) is 5.69 Å². The van der Waals surface area contributed by atoms with Gasteiger partial charge in [0.1, 0.15) is 18.3 Å². The van der Waals surface area contributed by atoms with Gasteiger partial charge in [-0.05, 0) is 73.5 Å². The number of halogens is 3. The lowest BCUT2D eigenvalue weighted by Gasteiger charge is -2.32. The van der Waals surface area contributed by atoms with E-state index in [4.69, 9.17) is 39.5 Å². The number of hydrogen-bond acceptors (Lipinski definition) is 5. The van der Waals surface area contributed by atoms with Crippen LogP contribution in [0.5, 0.6) is 5.75 Å². The summed E-state index contributed by atoms with van der Waals surface area (Å²) in [5, 5.41) is 3.71. The third-order valence-electron chi connectivity index (χ3n) is 6.08. The molecule has 0 unspecified atom stereocenters. The van der Waals surface area contributed by atoms with E-state index < -0.39 is 28.5 Å². The Morgan fingerprint density at radius 2 is 1.68 bits per heavy atom. The molecule has 12 heteroatoms. The predicted molar refractivity (Wildman–Crippen MR) is 159 cm³/mol. The molecule has 0 aliphatic rings. The molecule has 0 fully saturated rings. The normalized spacial score (nSPS) is 11.9. The fourth-order valence-electron chi connectivity index (χ4n) is 3.85. The highest BCUT2D eigenvalue weighted by atomic mass is 35.5. The summed E-state index contributed by atoms with van der Waals surface area (Å²) in [5.74, 6) is -0.506. The summed E-state index contributed by atoms with van der Waals surface area (Å²) in [6.07, 6.45) is 0.710. The molecule has 0 bridgehead atoms. The van der Waals surface area contributed by atoms with E-state index in [1.165, 1.54) is 42.3 Å². The smallest absolute Gasteiger partial charge is 0.264 e. The first-order valence-corrected chi connectivity index (χ1v) is 15.0. The van der Waals surface area contributed by atoms with Crippen LogP contribution in [0.3, 0.4) is 0 Å². The molecule has 0 saturated heterocycles. The number of rotatable bonds is 12. The molecule has 2 amide bonds. The zero-order valence-corrected chi connectivity index (χ0v) is 25.3. The van der Waals surface area contributed by atoms with E-state index in [2.05, 4.69) is 5.32 Å². The monoisotopic (exact) mass is 625 g/mol. The summed E-state index contributed by atoms with van der Waals surface area (Å²) >= 11 is 18.4. The quantitative estimate of drug-likeness (QED) is 0.274. The Bertz CT molecular complexity index is 1450. The van der Waals surface area contributed by atoms with Crippen molar-refractivity contribution in [3.63, 3.8) is 0 Å². The Morgan fingerprint density at radius 1 is 0.975 bits per heavy atom. The highest BCUT2D eigenvalue weighted by Crippen LogP contribution is 2.28. The molecular formula is C28H30Cl3N3O5S. The Balaban J connectivity index is 2.03. The van der Waals surface area contributed by atoms with Crippen LogP contribution < -0.4 is 14.4 Å². The highest BCUT2D eigenvalue weighted by Gasteiger charge is 2.32. The van der Waals surface area contributed by atoms with Crippen LogP contribution in [-0.2, 0) is 26.2 Å². The molecule has 3 rings (SSSR count). The van der Waals surface area contributed by atoms with Crippen LogP contribution in [0.25, 0.3) is 0 Å². The first-order chi connectivity index (χ1) is 19.0. The van der Waals surface area contributed by atoms with Crippen molar-refractivity contribution < 1.29 is 22.7 Å².